The van der Waals surface area contributed by atoms with Gasteiger partial charge in [0.25, 0.3) is 17.5 Å². The van der Waals surface area contributed by atoms with Gasteiger partial charge < -0.3 is 15.4 Å². The van der Waals surface area contributed by atoms with Crippen LogP contribution in [0.25, 0.3) is 0 Å². The van der Waals surface area contributed by atoms with Crippen molar-refractivity contribution in [1.29, 1.82) is 0 Å². The fourth-order valence-electron chi connectivity index (χ4n) is 4.67. The Kier molecular flexibility index (Phi) is 7.25. The fraction of sp³-hybridized carbons (Fsp3) is 0.250. The van der Waals surface area contributed by atoms with Crippen LogP contribution in [0, 0.1) is 29.8 Å². The SMILES string of the molecule is COC(=O)c1ccc(C(=O)Nc2ccc(C3(NC(=O)c4c(F)ccc([N+](=O)[O-])c4C)CCC3)cc2)c(C)c1. The lowest BCUT2D eigenvalue weighted by Crippen LogP contribution is -2.51. The topological polar surface area (TPSA) is 128 Å². The number of nitrogens with one attached hydrogen (secondary N) is 2. The van der Waals surface area contributed by atoms with Crippen LogP contribution in [-0.2, 0) is 10.3 Å². The smallest absolute Gasteiger partial charge is 0.337 e. The molecule has 4 rings (SSSR count). The number of esters is 1. The van der Waals surface area contributed by atoms with E-state index in [4.69, 9.17) is 4.74 Å². The number of hydrogen-bond acceptors (Lipinski definition) is 6. The number of nitrogens with zero attached hydrogens (tertiary/aromatic N) is 1. The maximum Gasteiger partial charge on any atom is 0.337 e. The van der Waals surface area contributed by atoms with E-state index in [0.717, 1.165) is 24.1 Å². The lowest BCUT2D eigenvalue weighted by Gasteiger charge is -2.43. The Bertz CT molecular complexity index is 1450. The molecule has 1 saturated carbocycles. The van der Waals surface area contributed by atoms with Crippen molar-refractivity contribution in [3.8, 4) is 0 Å². The molecule has 1 aliphatic rings. The van der Waals surface area contributed by atoms with Crippen LogP contribution in [0.3, 0.4) is 0 Å². The Labute approximate surface area is 218 Å². The van der Waals surface area contributed by atoms with Gasteiger partial charge in [-0.25, -0.2) is 9.18 Å². The Morgan fingerprint density at radius 1 is 1.00 bits per heavy atom. The molecule has 0 heterocycles. The molecule has 0 spiro atoms. The third-order valence-electron chi connectivity index (χ3n) is 6.96. The zero-order chi connectivity index (χ0) is 27.6. The predicted octanol–water partition coefficient (Wildman–Crippen LogP) is 5.20. The van der Waals surface area contributed by atoms with E-state index >= 15 is 0 Å². The number of nitro benzene ring substituents is 1. The number of ether oxygens (including phenoxy) is 1. The van der Waals surface area contributed by atoms with E-state index in [0.29, 0.717) is 35.2 Å². The number of amides is 2. The molecule has 38 heavy (non-hydrogen) atoms. The average molecular weight is 520 g/mol. The molecule has 3 aromatic carbocycles. The number of rotatable bonds is 7. The van der Waals surface area contributed by atoms with E-state index in [9.17, 15) is 28.9 Å². The Balaban J connectivity index is 1.51. The highest BCUT2D eigenvalue weighted by Gasteiger charge is 2.41. The van der Waals surface area contributed by atoms with Gasteiger partial charge in [0, 0.05) is 22.9 Å². The molecule has 0 aromatic heterocycles. The van der Waals surface area contributed by atoms with Crippen LogP contribution in [0.4, 0.5) is 15.8 Å². The van der Waals surface area contributed by atoms with Gasteiger partial charge in [0.2, 0.25) is 0 Å². The number of anilines is 1. The second-order valence-electron chi connectivity index (χ2n) is 9.27. The Hall–Kier alpha value is -4.60. The van der Waals surface area contributed by atoms with E-state index in [1.807, 2.05) is 0 Å². The predicted molar refractivity (Wildman–Crippen MR) is 138 cm³/mol. The second-order valence-corrected chi connectivity index (χ2v) is 9.27. The number of methoxy groups -OCH3 is 1. The van der Waals surface area contributed by atoms with E-state index in [2.05, 4.69) is 10.6 Å². The molecule has 3 aromatic rings. The normalized spacial score (nSPS) is 13.7. The summed E-state index contributed by atoms with van der Waals surface area (Å²) in [5, 5.41) is 17.0. The van der Waals surface area contributed by atoms with Crippen molar-refractivity contribution in [1.82, 2.24) is 5.32 Å². The maximum atomic E-state index is 14.5. The minimum atomic E-state index is -0.826. The second kappa shape index (κ2) is 10.4. The molecule has 9 nitrogen and oxygen atoms in total. The molecule has 0 unspecified atom stereocenters. The fourth-order valence-corrected chi connectivity index (χ4v) is 4.67. The van der Waals surface area contributed by atoms with E-state index < -0.39 is 28.2 Å². The largest absolute Gasteiger partial charge is 0.465 e. The summed E-state index contributed by atoms with van der Waals surface area (Å²) in [5.41, 5.74) is 1.21. The number of halogens is 1. The monoisotopic (exact) mass is 519 g/mol. The minimum Gasteiger partial charge on any atom is -0.465 e. The number of benzene rings is 3. The van der Waals surface area contributed by atoms with Crippen LogP contribution < -0.4 is 10.6 Å². The first-order valence-electron chi connectivity index (χ1n) is 11.9. The first kappa shape index (κ1) is 26.5. The van der Waals surface area contributed by atoms with Crippen molar-refractivity contribution >= 4 is 29.2 Å². The molecule has 0 bridgehead atoms. The lowest BCUT2D eigenvalue weighted by atomic mass is 9.71. The summed E-state index contributed by atoms with van der Waals surface area (Å²) in [6, 6.07) is 13.6. The molecule has 0 radical (unpaired) electrons. The van der Waals surface area contributed by atoms with Crippen LogP contribution in [0.5, 0.6) is 0 Å². The molecule has 2 N–H and O–H groups in total. The molecular weight excluding hydrogens is 493 g/mol. The van der Waals surface area contributed by atoms with Gasteiger partial charge in [0.05, 0.1) is 28.7 Å². The number of aryl methyl sites for hydroxylation is 1. The van der Waals surface area contributed by atoms with Gasteiger partial charge in [0.15, 0.2) is 0 Å². The van der Waals surface area contributed by atoms with Gasteiger partial charge in [-0.05, 0) is 80.6 Å². The minimum absolute atomic E-state index is 0.0325. The molecular formula is C28H26FN3O6. The zero-order valence-electron chi connectivity index (χ0n) is 21.1. The van der Waals surface area contributed by atoms with Crippen molar-refractivity contribution in [2.75, 3.05) is 12.4 Å². The molecule has 0 aliphatic heterocycles. The van der Waals surface area contributed by atoms with E-state index in [-0.39, 0.29) is 22.7 Å². The summed E-state index contributed by atoms with van der Waals surface area (Å²) in [6.45, 7) is 3.07. The highest BCUT2D eigenvalue weighted by molar-refractivity contribution is 6.06. The van der Waals surface area contributed by atoms with Crippen molar-refractivity contribution in [2.24, 2.45) is 0 Å². The molecule has 1 aliphatic carbocycles. The Morgan fingerprint density at radius 3 is 2.24 bits per heavy atom. The highest BCUT2D eigenvalue weighted by atomic mass is 19.1. The van der Waals surface area contributed by atoms with Gasteiger partial charge in [-0.15, -0.1) is 0 Å². The number of hydrogen-bond donors (Lipinski definition) is 2. The molecule has 196 valence electrons. The van der Waals surface area contributed by atoms with Crippen molar-refractivity contribution in [3.63, 3.8) is 0 Å². The quantitative estimate of drug-likeness (QED) is 0.251. The molecule has 10 heteroatoms. The third kappa shape index (κ3) is 4.97. The summed E-state index contributed by atoms with van der Waals surface area (Å²) in [4.78, 5) is 48.2. The van der Waals surface area contributed by atoms with Gasteiger partial charge in [-0.3, -0.25) is 19.7 Å². The van der Waals surface area contributed by atoms with Gasteiger partial charge in [-0.2, -0.15) is 0 Å². The van der Waals surface area contributed by atoms with Crippen molar-refractivity contribution in [2.45, 2.75) is 38.6 Å². The summed E-state index contributed by atoms with van der Waals surface area (Å²) < 4.78 is 19.2. The van der Waals surface area contributed by atoms with E-state index in [1.54, 1.807) is 43.3 Å². The lowest BCUT2D eigenvalue weighted by molar-refractivity contribution is -0.385. The zero-order valence-corrected chi connectivity index (χ0v) is 21.1. The number of carbonyl (C=O) groups is 3. The summed E-state index contributed by atoms with van der Waals surface area (Å²) in [5.74, 6) is -2.38. The first-order valence-corrected chi connectivity index (χ1v) is 11.9. The maximum absolute atomic E-state index is 14.5. The van der Waals surface area contributed by atoms with Gasteiger partial charge in [0.1, 0.15) is 5.82 Å². The summed E-state index contributed by atoms with van der Waals surface area (Å²) in [6.07, 6.45) is 2.08. The standard InChI is InChI=1S/C28H26FN3O6/c1-16-15-18(27(35)38-3)5-10-21(16)25(33)30-20-8-6-19(7-9-20)28(13-4-14-28)31-26(34)24-17(2)23(32(36)37)12-11-22(24)29/h5-12,15H,4,13-14H2,1-3H3,(H,30,33)(H,31,34). The van der Waals surface area contributed by atoms with Crippen LogP contribution in [-0.4, -0.2) is 29.8 Å². The van der Waals surface area contributed by atoms with Crippen molar-refractivity contribution in [3.05, 3.63) is 104 Å². The molecule has 0 saturated heterocycles. The van der Waals surface area contributed by atoms with Crippen LogP contribution in [0.15, 0.2) is 54.6 Å². The van der Waals surface area contributed by atoms with Crippen molar-refractivity contribution < 1.29 is 28.4 Å². The van der Waals surface area contributed by atoms with Crippen LogP contribution in [0.2, 0.25) is 0 Å². The highest BCUT2D eigenvalue weighted by Crippen LogP contribution is 2.42. The van der Waals surface area contributed by atoms with Crippen LogP contribution >= 0.6 is 0 Å². The molecule has 2 amide bonds. The number of carbonyl (C=O) groups excluding carboxylic acids is 3. The molecule has 1 fully saturated rings. The van der Waals surface area contributed by atoms with Crippen LogP contribution in [0.1, 0.15) is 67.0 Å². The first-order chi connectivity index (χ1) is 18.1. The van der Waals surface area contributed by atoms with Gasteiger partial charge >= 0.3 is 5.97 Å². The third-order valence-corrected chi connectivity index (χ3v) is 6.96. The Morgan fingerprint density at radius 2 is 1.68 bits per heavy atom. The van der Waals surface area contributed by atoms with Gasteiger partial charge in [-0.1, -0.05) is 12.1 Å². The average Bonchev–Trinajstić information content (AvgIpc) is 2.86. The van der Waals surface area contributed by atoms with E-state index in [1.165, 1.54) is 20.1 Å². The summed E-state index contributed by atoms with van der Waals surface area (Å²) >= 11 is 0. The number of nitro groups is 1. The summed E-state index contributed by atoms with van der Waals surface area (Å²) in [7, 11) is 1.29. The molecule has 0 atom stereocenters.